The number of aryl methyl sites for hydroxylation is 1. The van der Waals surface area contributed by atoms with Crippen LogP contribution in [0.2, 0.25) is 0 Å². The predicted octanol–water partition coefficient (Wildman–Crippen LogP) is 2.65. The molecule has 1 atom stereocenters. The van der Waals surface area contributed by atoms with Crippen molar-refractivity contribution in [1.29, 1.82) is 0 Å². The molecule has 88 valence electrons. The van der Waals surface area contributed by atoms with E-state index in [-0.39, 0.29) is 16.7 Å². The van der Waals surface area contributed by atoms with Crippen LogP contribution < -0.4 is 5.73 Å². The lowest BCUT2D eigenvalue weighted by Crippen LogP contribution is -2.20. The zero-order valence-electron chi connectivity index (χ0n) is 9.56. The number of nitrogens with zero attached hydrogens (tertiary/aromatic N) is 1. The van der Waals surface area contributed by atoms with E-state index in [1.165, 1.54) is 0 Å². The predicted molar refractivity (Wildman–Crippen MR) is 64.3 cm³/mol. The van der Waals surface area contributed by atoms with Crippen molar-refractivity contribution in [3.8, 4) is 0 Å². The van der Waals surface area contributed by atoms with Crippen LogP contribution in [0.1, 0.15) is 31.7 Å². The molecule has 0 bridgehead atoms. The Morgan fingerprint density at radius 3 is 2.44 bits per heavy atom. The van der Waals surface area contributed by atoms with Crippen LogP contribution in [-0.2, 0) is 6.42 Å². The first-order valence-corrected chi connectivity index (χ1v) is 5.62. The molecule has 0 spiro atoms. The van der Waals surface area contributed by atoms with Crippen LogP contribution in [-0.4, -0.2) is 11.0 Å². The van der Waals surface area contributed by atoms with Gasteiger partial charge in [-0.1, -0.05) is 25.5 Å². The van der Waals surface area contributed by atoms with Gasteiger partial charge in [-0.05, 0) is 24.8 Å². The third-order valence-electron chi connectivity index (χ3n) is 2.61. The Kier molecular flexibility index (Phi) is 4.92. The van der Waals surface area contributed by atoms with Crippen LogP contribution in [0.5, 0.6) is 0 Å². The molecule has 1 aromatic carbocycles. The van der Waals surface area contributed by atoms with Crippen LogP contribution >= 0.6 is 0 Å². The summed E-state index contributed by atoms with van der Waals surface area (Å²) in [6, 6.07) is 6.93. The van der Waals surface area contributed by atoms with Crippen molar-refractivity contribution < 1.29 is 4.92 Å². The number of nitrogens with two attached hydrogens (primary N) is 1. The molecule has 0 saturated heterocycles. The maximum atomic E-state index is 10.4. The van der Waals surface area contributed by atoms with Gasteiger partial charge in [-0.15, -0.1) is 0 Å². The first kappa shape index (κ1) is 12.6. The third kappa shape index (κ3) is 3.98. The van der Waals surface area contributed by atoms with Crippen molar-refractivity contribution in [2.24, 2.45) is 5.73 Å². The monoisotopic (exact) mass is 222 g/mol. The molecule has 0 aliphatic rings. The fourth-order valence-corrected chi connectivity index (χ4v) is 1.65. The third-order valence-corrected chi connectivity index (χ3v) is 2.61. The SMILES string of the molecule is CCCC(N)CCc1ccc([N+](=O)[O-])cc1. The van der Waals surface area contributed by atoms with Crippen LogP contribution in [0.4, 0.5) is 5.69 Å². The van der Waals surface area contributed by atoms with Gasteiger partial charge < -0.3 is 5.73 Å². The summed E-state index contributed by atoms with van der Waals surface area (Å²) in [7, 11) is 0. The molecule has 0 heterocycles. The van der Waals surface area contributed by atoms with Crippen LogP contribution in [0.3, 0.4) is 0 Å². The fraction of sp³-hybridized carbons (Fsp3) is 0.500. The van der Waals surface area contributed by atoms with E-state index in [9.17, 15) is 10.1 Å². The van der Waals surface area contributed by atoms with Crippen molar-refractivity contribution in [3.63, 3.8) is 0 Å². The number of hydrogen-bond donors (Lipinski definition) is 1. The Morgan fingerprint density at radius 1 is 1.31 bits per heavy atom. The lowest BCUT2D eigenvalue weighted by atomic mass is 10.0. The fourth-order valence-electron chi connectivity index (χ4n) is 1.65. The van der Waals surface area contributed by atoms with Gasteiger partial charge in [0.15, 0.2) is 0 Å². The summed E-state index contributed by atoms with van der Waals surface area (Å²) in [5.41, 5.74) is 7.15. The van der Waals surface area contributed by atoms with Crippen LogP contribution in [0.25, 0.3) is 0 Å². The molecule has 0 aromatic heterocycles. The normalized spacial score (nSPS) is 12.4. The molecule has 1 rings (SSSR count). The molecular formula is C12H18N2O2. The zero-order valence-corrected chi connectivity index (χ0v) is 9.56. The molecule has 2 N–H and O–H groups in total. The molecule has 4 heteroatoms. The van der Waals surface area contributed by atoms with Crippen molar-refractivity contribution in [3.05, 3.63) is 39.9 Å². The summed E-state index contributed by atoms with van der Waals surface area (Å²) in [6.45, 7) is 2.12. The van der Waals surface area contributed by atoms with E-state index in [2.05, 4.69) is 6.92 Å². The number of benzene rings is 1. The van der Waals surface area contributed by atoms with E-state index >= 15 is 0 Å². The quantitative estimate of drug-likeness (QED) is 0.594. The van der Waals surface area contributed by atoms with E-state index in [0.717, 1.165) is 31.2 Å². The summed E-state index contributed by atoms with van der Waals surface area (Å²) >= 11 is 0. The van der Waals surface area contributed by atoms with Crippen molar-refractivity contribution >= 4 is 5.69 Å². The van der Waals surface area contributed by atoms with Gasteiger partial charge in [0.1, 0.15) is 0 Å². The van der Waals surface area contributed by atoms with Crippen molar-refractivity contribution in [2.45, 2.75) is 38.6 Å². The summed E-state index contributed by atoms with van der Waals surface area (Å²) in [4.78, 5) is 10.1. The van der Waals surface area contributed by atoms with Gasteiger partial charge in [0.25, 0.3) is 5.69 Å². The molecule has 16 heavy (non-hydrogen) atoms. The molecule has 0 saturated carbocycles. The first-order chi connectivity index (χ1) is 7.63. The van der Waals surface area contributed by atoms with Gasteiger partial charge in [-0.3, -0.25) is 10.1 Å². The lowest BCUT2D eigenvalue weighted by molar-refractivity contribution is -0.384. The second-order valence-electron chi connectivity index (χ2n) is 4.01. The minimum absolute atomic E-state index is 0.140. The molecule has 4 nitrogen and oxygen atoms in total. The average molecular weight is 222 g/mol. The number of hydrogen-bond acceptors (Lipinski definition) is 3. The molecule has 0 aliphatic heterocycles. The Labute approximate surface area is 95.6 Å². The van der Waals surface area contributed by atoms with E-state index in [4.69, 9.17) is 5.73 Å². The molecular weight excluding hydrogens is 204 g/mol. The Bertz CT molecular complexity index is 335. The Hall–Kier alpha value is -1.42. The molecule has 0 amide bonds. The van der Waals surface area contributed by atoms with Gasteiger partial charge in [-0.2, -0.15) is 0 Å². The maximum Gasteiger partial charge on any atom is 0.269 e. The average Bonchev–Trinajstić information content (AvgIpc) is 2.27. The summed E-state index contributed by atoms with van der Waals surface area (Å²) in [5, 5.41) is 10.4. The minimum atomic E-state index is -0.382. The summed E-state index contributed by atoms with van der Waals surface area (Å²) < 4.78 is 0. The highest BCUT2D eigenvalue weighted by Crippen LogP contribution is 2.14. The van der Waals surface area contributed by atoms with Crippen LogP contribution in [0, 0.1) is 10.1 Å². The topological polar surface area (TPSA) is 69.2 Å². The Balaban J connectivity index is 2.46. The number of nitro benzene ring substituents is 1. The highest BCUT2D eigenvalue weighted by molar-refractivity contribution is 5.32. The van der Waals surface area contributed by atoms with E-state index in [1.807, 2.05) is 0 Å². The standard InChI is InChI=1S/C12H18N2O2/c1-2-3-11(13)7-4-10-5-8-12(9-6-10)14(15)16/h5-6,8-9,11H,2-4,7,13H2,1H3. The van der Waals surface area contributed by atoms with E-state index < -0.39 is 0 Å². The van der Waals surface area contributed by atoms with Gasteiger partial charge >= 0.3 is 0 Å². The Morgan fingerprint density at radius 2 is 1.94 bits per heavy atom. The summed E-state index contributed by atoms with van der Waals surface area (Å²) in [6.07, 6.45) is 3.96. The number of non-ortho nitro benzene ring substituents is 1. The molecule has 1 unspecified atom stereocenters. The summed E-state index contributed by atoms with van der Waals surface area (Å²) in [5.74, 6) is 0. The molecule has 1 aromatic rings. The molecule has 0 radical (unpaired) electrons. The zero-order chi connectivity index (χ0) is 12.0. The smallest absolute Gasteiger partial charge is 0.269 e. The van der Waals surface area contributed by atoms with Gasteiger partial charge in [0.2, 0.25) is 0 Å². The van der Waals surface area contributed by atoms with E-state index in [0.29, 0.717) is 0 Å². The molecule has 0 fully saturated rings. The van der Waals surface area contributed by atoms with E-state index in [1.54, 1.807) is 24.3 Å². The second kappa shape index (κ2) is 6.23. The highest BCUT2D eigenvalue weighted by Gasteiger charge is 2.05. The molecule has 0 aliphatic carbocycles. The number of rotatable bonds is 6. The highest BCUT2D eigenvalue weighted by atomic mass is 16.6. The van der Waals surface area contributed by atoms with Crippen molar-refractivity contribution in [1.82, 2.24) is 0 Å². The first-order valence-electron chi connectivity index (χ1n) is 5.62. The van der Waals surface area contributed by atoms with Gasteiger partial charge in [0, 0.05) is 18.2 Å². The minimum Gasteiger partial charge on any atom is -0.328 e. The van der Waals surface area contributed by atoms with Crippen molar-refractivity contribution in [2.75, 3.05) is 0 Å². The second-order valence-corrected chi connectivity index (χ2v) is 4.01. The van der Waals surface area contributed by atoms with Gasteiger partial charge in [0.05, 0.1) is 4.92 Å². The number of nitro groups is 1. The largest absolute Gasteiger partial charge is 0.328 e. The van der Waals surface area contributed by atoms with Gasteiger partial charge in [-0.25, -0.2) is 0 Å². The van der Waals surface area contributed by atoms with Crippen LogP contribution in [0.15, 0.2) is 24.3 Å². The maximum absolute atomic E-state index is 10.4. The lowest BCUT2D eigenvalue weighted by Gasteiger charge is -2.09.